The van der Waals surface area contributed by atoms with Crippen LogP contribution in [0.1, 0.15) is 11.1 Å². The minimum Gasteiger partial charge on any atom is -0.292 e. The lowest BCUT2D eigenvalue weighted by molar-refractivity contribution is 0.256. The molecule has 2 amide bonds. The van der Waals surface area contributed by atoms with Crippen LogP contribution in [0.5, 0.6) is 0 Å². The van der Waals surface area contributed by atoms with Crippen molar-refractivity contribution in [2.45, 2.75) is 6.92 Å². The van der Waals surface area contributed by atoms with Gasteiger partial charge in [-0.25, -0.2) is 9.78 Å². The predicted molar refractivity (Wildman–Crippen MR) is 131 cm³/mol. The Kier molecular flexibility index (Phi) is 5.47. The molecule has 0 atom stereocenters. The number of rotatable bonds is 5. The molecular formula is C25H20N6OS. The van der Waals surface area contributed by atoms with E-state index in [1.165, 1.54) is 0 Å². The molecule has 5 rings (SSSR count). The van der Waals surface area contributed by atoms with E-state index in [0.717, 1.165) is 33.4 Å². The van der Waals surface area contributed by atoms with E-state index in [1.807, 2.05) is 48.7 Å². The molecule has 7 nitrogen and oxygen atoms in total. The number of aryl methyl sites for hydroxylation is 1. The molecular weight excluding hydrogens is 432 g/mol. The van der Waals surface area contributed by atoms with E-state index >= 15 is 0 Å². The van der Waals surface area contributed by atoms with Gasteiger partial charge in [-0.1, -0.05) is 12.1 Å². The quantitative estimate of drug-likeness (QED) is 0.392. The maximum atomic E-state index is 13.3. The van der Waals surface area contributed by atoms with Crippen molar-refractivity contribution >= 4 is 45.2 Å². The number of nitriles is 1. The van der Waals surface area contributed by atoms with Crippen molar-refractivity contribution in [3.63, 3.8) is 0 Å². The molecule has 0 bridgehead atoms. The molecule has 0 saturated carbocycles. The largest absolute Gasteiger partial charge is 0.329 e. The molecule has 8 heteroatoms. The van der Waals surface area contributed by atoms with Gasteiger partial charge in [-0.2, -0.15) is 5.26 Å². The number of aromatic nitrogens is 2. The van der Waals surface area contributed by atoms with Gasteiger partial charge in [-0.05, 0) is 55.0 Å². The molecule has 3 heterocycles. The normalized spacial score (nSPS) is 13.3. The second-order valence-corrected chi connectivity index (χ2v) is 8.45. The zero-order valence-corrected chi connectivity index (χ0v) is 18.7. The van der Waals surface area contributed by atoms with Gasteiger partial charge >= 0.3 is 6.03 Å². The average molecular weight is 453 g/mol. The zero-order valence-electron chi connectivity index (χ0n) is 17.9. The number of carbonyl (C=O) groups is 1. The smallest absolute Gasteiger partial charge is 0.292 e. The summed E-state index contributed by atoms with van der Waals surface area (Å²) in [6.07, 6.45) is 5.32. The lowest BCUT2D eigenvalue weighted by Gasteiger charge is -2.26. The summed E-state index contributed by atoms with van der Waals surface area (Å²) in [7, 11) is 0. The van der Waals surface area contributed by atoms with Crippen LogP contribution >= 0.6 is 11.3 Å². The minimum atomic E-state index is -0.109. The Morgan fingerprint density at radius 1 is 1.03 bits per heavy atom. The summed E-state index contributed by atoms with van der Waals surface area (Å²) < 4.78 is 0. The lowest BCUT2D eigenvalue weighted by Crippen LogP contribution is -2.31. The van der Waals surface area contributed by atoms with Gasteiger partial charge < -0.3 is 0 Å². The average Bonchev–Trinajstić information content (AvgIpc) is 3.51. The predicted octanol–water partition coefficient (Wildman–Crippen LogP) is 5.63. The van der Waals surface area contributed by atoms with Gasteiger partial charge in [-0.15, -0.1) is 11.3 Å². The summed E-state index contributed by atoms with van der Waals surface area (Å²) in [6, 6.07) is 19.1. The molecule has 1 fully saturated rings. The van der Waals surface area contributed by atoms with Gasteiger partial charge in [0.2, 0.25) is 0 Å². The van der Waals surface area contributed by atoms with Crippen LogP contribution in [0, 0.1) is 18.3 Å². The van der Waals surface area contributed by atoms with Crippen molar-refractivity contribution in [3.8, 4) is 6.07 Å². The summed E-state index contributed by atoms with van der Waals surface area (Å²) >= 11 is 1.54. The zero-order chi connectivity index (χ0) is 22.8. The fourth-order valence-corrected chi connectivity index (χ4v) is 4.61. The molecule has 0 spiro atoms. The van der Waals surface area contributed by atoms with Gasteiger partial charge in [0.05, 0.1) is 29.2 Å². The topological polar surface area (TPSA) is 76.4 Å². The molecule has 0 N–H and O–H groups in total. The first-order valence-corrected chi connectivity index (χ1v) is 11.3. The lowest BCUT2D eigenvalue weighted by atomic mass is 10.1. The molecule has 1 aliphatic rings. The first-order chi connectivity index (χ1) is 16.2. The first kappa shape index (κ1) is 20.7. The molecule has 2 aromatic carbocycles. The number of nitrogens with zero attached hydrogens (tertiary/aromatic N) is 6. The van der Waals surface area contributed by atoms with Crippen LogP contribution in [0.2, 0.25) is 0 Å². The van der Waals surface area contributed by atoms with Crippen molar-refractivity contribution in [3.05, 3.63) is 89.7 Å². The fraction of sp³-hybridized carbons (Fsp3) is 0.120. The molecule has 162 valence electrons. The molecule has 1 aliphatic heterocycles. The van der Waals surface area contributed by atoms with Crippen molar-refractivity contribution in [2.75, 3.05) is 27.8 Å². The summed E-state index contributed by atoms with van der Waals surface area (Å²) in [5.74, 6) is 0. The summed E-state index contributed by atoms with van der Waals surface area (Å²) in [4.78, 5) is 27.6. The van der Waals surface area contributed by atoms with E-state index in [2.05, 4.69) is 20.9 Å². The number of hydrogen-bond acceptors (Lipinski definition) is 6. The third-order valence-electron chi connectivity index (χ3n) is 5.56. The third kappa shape index (κ3) is 3.90. The second kappa shape index (κ2) is 8.73. The number of thiazole rings is 1. The molecule has 0 unspecified atom stereocenters. The van der Waals surface area contributed by atoms with E-state index in [9.17, 15) is 10.1 Å². The maximum Gasteiger partial charge on any atom is 0.329 e. The standard InChI is InChI=1S/C25H20N6OS/c1-18-7-8-21(30-12-11-29(25(30)32)20-5-2-4-19(14-20)16-26)15-23(18)31(24-28-10-13-33-24)22-6-3-9-27-17-22/h2-10,13-15,17H,11-12H2,1H3. The van der Waals surface area contributed by atoms with E-state index in [-0.39, 0.29) is 6.03 Å². The highest BCUT2D eigenvalue weighted by Gasteiger charge is 2.31. The molecule has 4 aromatic rings. The number of hydrogen-bond donors (Lipinski definition) is 0. The van der Waals surface area contributed by atoms with Crippen LogP contribution < -0.4 is 14.7 Å². The fourth-order valence-electron chi connectivity index (χ4n) is 3.93. The van der Waals surface area contributed by atoms with Gasteiger partial charge in [0.1, 0.15) is 0 Å². The molecule has 2 aromatic heterocycles. The number of benzene rings is 2. The van der Waals surface area contributed by atoms with E-state index in [0.29, 0.717) is 18.7 Å². The summed E-state index contributed by atoms with van der Waals surface area (Å²) in [5.41, 5.74) is 4.97. The Morgan fingerprint density at radius 2 is 1.85 bits per heavy atom. The van der Waals surface area contributed by atoms with Gasteiger partial charge in [0.15, 0.2) is 5.13 Å². The van der Waals surface area contributed by atoms with Gasteiger partial charge in [0.25, 0.3) is 0 Å². The Balaban J connectivity index is 1.51. The van der Waals surface area contributed by atoms with Crippen LogP contribution in [0.4, 0.5) is 32.7 Å². The number of urea groups is 1. The Hall–Kier alpha value is -4.22. The van der Waals surface area contributed by atoms with Crippen LogP contribution in [-0.4, -0.2) is 29.1 Å². The van der Waals surface area contributed by atoms with Gasteiger partial charge in [-0.3, -0.25) is 19.7 Å². The van der Waals surface area contributed by atoms with Gasteiger partial charge in [0, 0.05) is 42.2 Å². The van der Waals surface area contributed by atoms with Crippen LogP contribution in [-0.2, 0) is 0 Å². The Labute approximate surface area is 195 Å². The summed E-state index contributed by atoms with van der Waals surface area (Å²) in [6.45, 7) is 3.15. The second-order valence-electron chi connectivity index (χ2n) is 7.58. The third-order valence-corrected chi connectivity index (χ3v) is 6.31. The van der Waals surface area contributed by atoms with E-state index in [1.54, 1.807) is 57.9 Å². The highest BCUT2D eigenvalue weighted by molar-refractivity contribution is 7.13. The molecule has 1 saturated heterocycles. The number of amides is 2. The summed E-state index contributed by atoms with van der Waals surface area (Å²) in [5, 5.41) is 12.0. The Bertz CT molecular complexity index is 1330. The molecule has 0 aliphatic carbocycles. The SMILES string of the molecule is Cc1ccc(N2CCN(c3cccc(C#N)c3)C2=O)cc1N(c1cccnc1)c1nccs1. The van der Waals surface area contributed by atoms with Crippen molar-refractivity contribution in [1.82, 2.24) is 9.97 Å². The molecule has 33 heavy (non-hydrogen) atoms. The van der Waals surface area contributed by atoms with Crippen molar-refractivity contribution in [1.29, 1.82) is 5.26 Å². The van der Waals surface area contributed by atoms with E-state index in [4.69, 9.17) is 0 Å². The van der Waals surface area contributed by atoms with E-state index < -0.39 is 0 Å². The maximum absolute atomic E-state index is 13.3. The molecule has 0 radical (unpaired) electrons. The first-order valence-electron chi connectivity index (χ1n) is 10.5. The van der Waals surface area contributed by atoms with Crippen molar-refractivity contribution in [2.24, 2.45) is 0 Å². The Morgan fingerprint density at radius 3 is 2.55 bits per heavy atom. The highest BCUT2D eigenvalue weighted by atomic mass is 32.1. The van der Waals surface area contributed by atoms with Crippen LogP contribution in [0.25, 0.3) is 0 Å². The van der Waals surface area contributed by atoms with Crippen LogP contribution in [0.15, 0.2) is 78.6 Å². The van der Waals surface area contributed by atoms with Crippen LogP contribution in [0.3, 0.4) is 0 Å². The minimum absolute atomic E-state index is 0.109. The monoisotopic (exact) mass is 452 g/mol. The van der Waals surface area contributed by atoms with Crippen molar-refractivity contribution < 1.29 is 4.79 Å². The number of pyridine rings is 1. The number of anilines is 5. The highest BCUT2D eigenvalue weighted by Crippen LogP contribution is 2.39. The number of carbonyl (C=O) groups excluding carboxylic acids is 1.